The number of carbonyl (C=O) groups is 1. The van der Waals surface area contributed by atoms with Crippen LogP contribution in [0.1, 0.15) is 15.9 Å². The maximum Gasteiger partial charge on any atom is 0.339 e. The third-order valence-corrected chi connectivity index (χ3v) is 2.99. The molecule has 2 aromatic rings. The van der Waals surface area contributed by atoms with E-state index in [0.29, 0.717) is 17.0 Å². The fourth-order valence-electron chi connectivity index (χ4n) is 1.81. The molecule has 0 aliphatic heterocycles. The number of para-hydroxylation sites is 1. The number of benzene rings is 2. The van der Waals surface area contributed by atoms with E-state index in [1.54, 1.807) is 36.4 Å². The summed E-state index contributed by atoms with van der Waals surface area (Å²) in [6, 6.07) is 12.1. The molecular formula is C18H21NO4. The standard InChI is InChI=1S/C10H12O2.C8H9NO2/c1-3-4-8-5-6-9(11)10(7-8)12-2;1-11-8(10)6-4-2-3-5-7(6)9/h3,5-7,11H,1,4H2,2H3;2-5H,9H2,1H3. The number of phenols is 1. The summed E-state index contributed by atoms with van der Waals surface area (Å²) >= 11 is 0. The van der Waals surface area contributed by atoms with Gasteiger partial charge in [0.05, 0.1) is 19.8 Å². The molecule has 0 radical (unpaired) electrons. The Balaban J connectivity index is 0.000000231. The lowest BCUT2D eigenvalue weighted by atomic mass is 10.1. The fourth-order valence-corrected chi connectivity index (χ4v) is 1.81. The zero-order valence-corrected chi connectivity index (χ0v) is 13.3. The number of allylic oxidation sites excluding steroid dienone is 1. The smallest absolute Gasteiger partial charge is 0.339 e. The summed E-state index contributed by atoms with van der Waals surface area (Å²) in [5.74, 6) is 0.280. The van der Waals surface area contributed by atoms with E-state index < -0.39 is 5.97 Å². The third-order valence-electron chi connectivity index (χ3n) is 2.99. The van der Waals surface area contributed by atoms with Crippen LogP contribution < -0.4 is 10.5 Å². The van der Waals surface area contributed by atoms with Gasteiger partial charge in [0.15, 0.2) is 11.5 Å². The molecule has 0 saturated carbocycles. The van der Waals surface area contributed by atoms with Gasteiger partial charge < -0.3 is 20.3 Å². The summed E-state index contributed by atoms with van der Waals surface area (Å²) in [7, 11) is 2.86. The number of phenolic OH excluding ortho intramolecular Hbond substituents is 1. The minimum Gasteiger partial charge on any atom is -0.504 e. The van der Waals surface area contributed by atoms with Gasteiger partial charge in [-0.05, 0) is 36.2 Å². The zero-order chi connectivity index (χ0) is 17.2. The molecule has 0 amide bonds. The van der Waals surface area contributed by atoms with Gasteiger partial charge in [-0.3, -0.25) is 0 Å². The first-order valence-corrected chi connectivity index (χ1v) is 6.93. The number of ether oxygens (including phenoxy) is 2. The van der Waals surface area contributed by atoms with Crippen LogP contribution >= 0.6 is 0 Å². The van der Waals surface area contributed by atoms with Crippen LogP contribution in [-0.2, 0) is 11.2 Å². The van der Waals surface area contributed by atoms with Crippen molar-refractivity contribution in [3.8, 4) is 11.5 Å². The van der Waals surface area contributed by atoms with Gasteiger partial charge in [-0.15, -0.1) is 6.58 Å². The van der Waals surface area contributed by atoms with E-state index in [1.165, 1.54) is 14.2 Å². The van der Waals surface area contributed by atoms with Crippen molar-refractivity contribution < 1.29 is 19.4 Å². The highest BCUT2D eigenvalue weighted by Crippen LogP contribution is 2.26. The number of nitrogens with two attached hydrogens (primary N) is 1. The minimum absolute atomic E-state index is 0.172. The highest BCUT2D eigenvalue weighted by atomic mass is 16.5. The quantitative estimate of drug-likeness (QED) is 0.514. The summed E-state index contributed by atoms with van der Waals surface area (Å²) < 4.78 is 9.45. The Kier molecular flexibility index (Phi) is 7.20. The molecule has 2 rings (SSSR count). The first kappa shape index (κ1) is 18.1. The number of anilines is 1. The number of esters is 1. The van der Waals surface area contributed by atoms with Crippen molar-refractivity contribution in [2.45, 2.75) is 6.42 Å². The first-order valence-electron chi connectivity index (χ1n) is 6.93. The molecule has 0 atom stereocenters. The lowest BCUT2D eigenvalue weighted by molar-refractivity contribution is 0.0602. The molecule has 0 saturated heterocycles. The van der Waals surface area contributed by atoms with Gasteiger partial charge in [0.1, 0.15) is 0 Å². The van der Waals surface area contributed by atoms with Crippen molar-refractivity contribution in [1.82, 2.24) is 0 Å². The maximum absolute atomic E-state index is 10.9. The number of nitrogen functional groups attached to an aromatic ring is 1. The second-order valence-electron chi connectivity index (χ2n) is 4.58. The fraction of sp³-hybridized carbons (Fsp3) is 0.167. The van der Waals surface area contributed by atoms with Crippen molar-refractivity contribution >= 4 is 11.7 Å². The summed E-state index contributed by atoms with van der Waals surface area (Å²) in [6.07, 6.45) is 2.60. The number of hydrogen-bond acceptors (Lipinski definition) is 5. The maximum atomic E-state index is 10.9. The molecule has 0 heterocycles. The molecule has 122 valence electrons. The predicted octanol–water partition coefficient (Wildman–Crippen LogP) is 3.18. The van der Waals surface area contributed by atoms with Crippen LogP contribution in [0.5, 0.6) is 11.5 Å². The van der Waals surface area contributed by atoms with Crippen LogP contribution in [-0.4, -0.2) is 25.3 Å². The highest BCUT2D eigenvalue weighted by molar-refractivity contribution is 5.94. The van der Waals surface area contributed by atoms with E-state index >= 15 is 0 Å². The minimum atomic E-state index is -0.400. The summed E-state index contributed by atoms with van der Waals surface area (Å²) in [6.45, 7) is 3.63. The molecule has 5 nitrogen and oxygen atoms in total. The average Bonchev–Trinajstić information content (AvgIpc) is 2.57. The van der Waals surface area contributed by atoms with Gasteiger partial charge in [-0.1, -0.05) is 24.3 Å². The van der Waals surface area contributed by atoms with Gasteiger partial charge in [0.2, 0.25) is 0 Å². The molecule has 0 aliphatic carbocycles. The van der Waals surface area contributed by atoms with Gasteiger partial charge >= 0.3 is 5.97 Å². The molecule has 0 fully saturated rings. The predicted molar refractivity (Wildman–Crippen MR) is 90.8 cm³/mol. The number of rotatable bonds is 4. The summed E-state index contributed by atoms with van der Waals surface area (Å²) in [5, 5.41) is 9.25. The molecule has 2 aromatic carbocycles. The van der Waals surface area contributed by atoms with E-state index in [1.807, 2.05) is 12.1 Å². The summed E-state index contributed by atoms with van der Waals surface area (Å²) in [5.41, 5.74) is 7.44. The van der Waals surface area contributed by atoms with Gasteiger partial charge in [-0.2, -0.15) is 0 Å². The van der Waals surface area contributed by atoms with E-state index in [4.69, 9.17) is 10.5 Å². The van der Waals surface area contributed by atoms with Crippen LogP contribution in [0.25, 0.3) is 0 Å². The van der Waals surface area contributed by atoms with Gasteiger partial charge in [0.25, 0.3) is 0 Å². The van der Waals surface area contributed by atoms with Crippen molar-refractivity contribution in [2.24, 2.45) is 0 Å². The molecule has 0 unspecified atom stereocenters. The molecule has 5 heteroatoms. The highest BCUT2D eigenvalue weighted by Gasteiger charge is 2.06. The number of methoxy groups -OCH3 is 2. The molecule has 0 aromatic heterocycles. The lowest BCUT2D eigenvalue weighted by Crippen LogP contribution is -2.04. The second kappa shape index (κ2) is 9.15. The Morgan fingerprint density at radius 3 is 2.52 bits per heavy atom. The Labute approximate surface area is 136 Å². The van der Waals surface area contributed by atoms with Crippen LogP contribution in [0, 0.1) is 0 Å². The number of aromatic hydroxyl groups is 1. The first-order chi connectivity index (χ1) is 11.0. The van der Waals surface area contributed by atoms with E-state index in [-0.39, 0.29) is 5.75 Å². The lowest BCUT2D eigenvalue weighted by Gasteiger charge is -2.04. The van der Waals surface area contributed by atoms with Crippen LogP contribution in [0.15, 0.2) is 55.1 Å². The Morgan fingerprint density at radius 2 is 1.96 bits per heavy atom. The van der Waals surface area contributed by atoms with Crippen molar-refractivity contribution in [2.75, 3.05) is 20.0 Å². The topological polar surface area (TPSA) is 81.8 Å². The van der Waals surface area contributed by atoms with E-state index in [0.717, 1.165) is 12.0 Å². The van der Waals surface area contributed by atoms with Crippen molar-refractivity contribution in [3.05, 3.63) is 66.2 Å². The number of carbonyl (C=O) groups excluding carboxylic acids is 1. The normalized spacial score (nSPS) is 9.30. The van der Waals surface area contributed by atoms with Crippen LogP contribution in [0.2, 0.25) is 0 Å². The molecule has 0 bridgehead atoms. The molecular weight excluding hydrogens is 294 g/mol. The van der Waals surface area contributed by atoms with Gasteiger partial charge in [-0.25, -0.2) is 4.79 Å². The average molecular weight is 315 g/mol. The van der Waals surface area contributed by atoms with Crippen LogP contribution in [0.3, 0.4) is 0 Å². The van der Waals surface area contributed by atoms with Gasteiger partial charge in [0, 0.05) is 5.69 Å². The van der Waals surface area contributed by atoms with E-state index in [2.05, 4.69) is 11.3 Å². The largest absolute Gasteiger partial charge is 0.504 e. The Bertz CT molecular complexity index is 668. The van der Waals surface area contributed by atoms with Crippen LogP contribution in [0.4, 0.5) is 5.69 Å². The Morgan fingerprint density at radius 1 is 1.26 bits per heavy atom. The third kappa shape index (κ3) is 5.39. The van der Waals surface area contributed by atoms with Crippen molar-refractivity contribution in [3.63, 3.8) is 0 Å². The zero-order valence-electron chi connectivity index (χ0n) is 13.3. The molecule has 0 aliphatic rings. The molecule has 0 spiro atoms. The second-order valence-corrected chi connectivity index (χ2v) is 4.58. The van der Waals surface area contributed by atoms with Crippen molar-refractivity contribution in [1.29, 1.82) is 0 Å². The molecule has 3 N–H and O–H groups in total. The number of hydrogen-bond donors (Lipinski definition) is 2. The SMILES string of the molecule is C=CCc1ccc(O)c(OC)c1.COC(=O)c1ccccc1N. The monoisotopic (exact) mass is 315 g/mol. The van der Waals surface area contributed by atoms with E-state index in [9.17, 15) is 9.90 Å². The Hall–Kier alpha value is -2.95. The molecule has 23 heavy (non-hydrogen) atoms. The summed E-state index contributed by atoms with van der Waals surface area (Å²) in [4.78, 5) is 10.9.